The van der Waals surface area contributed by atoms with E-state index >= 15 is 0 Å². The summed E-state index contributed by atoms with van der Waals surface area (Å²) in [6.07, 6.45) is -4.64. The summed E-state index contributed by atoms with van der Waals surface area (Å²) in [7, 11) is 0.919. The fraction of sp³-hybridized carbons (Fsp3) is 1.00. The number of thiol groups is 1. The number of hydrogen-bond acceptors (Lipinski definition) is 7. The molecule has 1 aliphatic heterocycles. The Morgan fingerprint density at radius 3 is 2.23 bits per heavy atom. The summed E-state index contributed by atoms with van der Waals surface area (Å²) in [5.41, 5.74) is -0.737. The topological polar surface area (TPSA) is 90.2 Å². The molecule has 1 heterocycles. The van der Waals surface area contributed by atoms with Gasteiger partial charge in [0.2, 0.25) is 0 Å². The van der Waals surface area contributed by atoms with Crippen molar-refractivity contribution >= 4 is 22.5 Å². The van der Waals surface area contributed by atoms with E-state index in [2.05, 4.69) is 11.7 Å². The molecule has 0 spiro atoms. The normalized spacial score (nSPS) is 46.4. The highest BCUT2D eigenvalue weighted by Crippen LogP contribution is 2.29. The Morgan fingerprint density at radius 2 is 1.77 bits per heavy atom. The predicted octanol–water partition coefficient (Wildman–Crippen LogP) is -1.64. The zero-order valence-electron chi connectivity index (χ0n) is 6.65. The molecule has 5 nitrogen and oxygen atoms in total. The van der Waals surface area contributed by atoms with E-state index in [1.54, 1.807) is 0 Å². The van der Waals surface area contributed by atoms with Gasteiger partial charge in [0.05, 0.1) is 6.61 Å². The third-order valence-electron chi connectivity index (χ3n) is 1.95. The molecule has 4 N–H and O–H groups in total. The zero-order chi connectivity index (χ0) is 10.0. The van der Waals surface area contributed by atoms with Gasteiger partial charge in [-0.05, 0) is 0 Å². The number of rotatable bonds is 2. The van der Waals surface area contributed by atoms with Crippen molar-refractivity contribution in [3.8, 4) is 0 Å². The standard InChI is InChI=1S/C6H12O5S2/c7-1-2-3(8)4(9)5(10)6(11-2)13-12/h2-10,12H,1H2/t2-,3+,4+,5-,6+/m1/s1. The first-order chi connectivity index (χ1) is 6.11. The van der Waals surface area contributed by atoms with E-state index in [0.29, 0.717) is 0 Å². The molecular formula is C6H12O5S2. The average Bonchev–Trinajstić information content (AvgIpc) is 2.15. The zero-order valence-corrected chi connectivity index (χ0v) is 8.36. The first kappa shape index (κ1) is 11.6. The Hall–Kier alpha value is 0.500. The Morgan fingerprint density at radius 1 is 1.15 bits per heavy atom. The summed E-state index contributed by atoms with van der Waals surface area (Å²) >= 11 is 3.83. The van der Waals surface area contributed by atoms with Crippen LogP contribution in [0.2, 0.25) is 0 Å². The first-order valence-corrected chi connectivity index (χ1v) is 5.65. The fourth-order valence-electron chi connectivity index (χ4n) is 1.15. The molecule has 1 fully saturated rings. The van der Waals surface area contributed by atoms with Crippen molar-refractivity contribution in [1.29, 1.82) is 0 Å². The molecule has 78 valence electrons. The minimum absolute atomic E-state index is 0.407. The van der Waals surface area contributed by atoms with Crippen LogP contribution in [0.4, 0.5) is 0 Å². The van der Waals surface area contributed by atoms with Crippen LogP contribution >= 0.6 is 22.5 Å². The van der Waals surface area contributed by atoms with Gasteiger partial charge in [-0.1, -0.05) is 10.8 Å². The molecular weight excluding hydrogens is 216 g/mol. The average molecular weight is 228 g/mol. The van der Waals surface area contributed by atoms with Gasteiger partial charge in [-0.3, -0.25) is 0 Å². The Labute approximate surface area is 84.5 Å². The maximum absolute atomic E-state index is 9.33. The molecule has 0 aromatic rings. The van der Waals surface area contributed by atoms with E-state index in [1.165, 1.54) is 0 Å². The van der Waals surface area contributed by atoms with E-state index in [0.717, 1.165) is 10.8 Å². The lowest BCUT2D eigenvalue weighted by Gasteiger charge is -2.38. The summed E-state index contributed by atoms with van der Waals surface area (Å²) in [5.74, 6) is 0. The molecule has 1 rings (SSSR count). The highest BCUT2D eigenvalue weighted by atomic mass is 33.1. The van der Waals surface area contributed by atoms with Crippen LogP contribution in [-0.2, 0) is 4.74 Å². The number of hydrogen-bond donors (Lipinski definition) is 5. The summed E-state index contributed by atoms with van der Waals surface area (Å²) in [5, 5.41) is 36.7. The van der Waals surface area contributed by atoms with Crippen molar-refractivity contribution in [2.75, 3.05) is 6.61 Å². The molecule has 0 aromatic heterocycles. The van der Waals surface area contributed by atoms with Crippen LogP contribution in [0.5, 0.6) is 0 Å². The van der Waals surface area contributed by atoms with Gasteiger partial charge in [-0.2, -0.15) is 0 Å². The quantitative estimate of drug-likeness (QED) is 0.288. The smallest absolute Gasteiger partial charge is 0.141 e. The molecule has 0 aromatic carbocycles. The minimum atomic E-state index is -1.31. The van der Waals surface area contributed by atoms with Crippen LogP contribution < -0.4 is 0 Å². The first-order valence-electron chi connectivity index (χ1n) is 3.72. The third-order valence-corrected chi connectivity index (χ3v) is 3.17. The van der Waals surface area contributed by atoms with E-state index in [-0.39, 0.29) is 0 Å². The Balaban J connectivity index is 2.66. The highest BCUT2D eigenvalue weighted by molar-refractivity contribution is 8.68. The summed E-state index contributed by atoms with van der Waals surface area (Å²) in [6.45, 7) is -0.407. The molecule has 0 saturated carbocycles. The number of aliphatic hydroxyl groups is 4. The molecule has 1 saturated heterocycles. The molecule has 13 heavy (non-hydrogen) atoms. The maximum Gasteiger partial charge on any atom is 0.141 e. The monoisotopic (exact) mass is 228 g/mol. The lowest BCUT2D eigenvalue weighted by molar-refractivity contribution is -0.205. The van der Waals surface area contributed by atoms with Gasteiger partial charge in [-0.15, -0.1) is 11.7 Å². The largest absolute Gasteiger partial charge is 0.394 e. The van der Waals surface area contributed by atoms with Crippen molar-refractivity contribution in [2.24, 2.45) is 0 Å². The summed E-state index contributed by atoms with van der Waals surface area (Å²) < 4.78 is 5.06. The second-order valence-corrected chi connectivity index (χ2v) is 4.11. The minimum Gasteiger partial charge on any atom is -0.394 e. The van der Waals surface area contributed by atoms with Crippen molar-refractivity contribution in [3.63, 3.8) is 0 Å². The van der Waals surface area contributed by atoms with Gasteiger partial charge in [0, 0.05) is 0 Å². The van der Waals surface area contributed by atoms with Crippen molar-refractivity contribution in [1.82, 2.24) is 0 Å². The maximum atomic E-state index is 9.33. The van der Waals surface area contributed by atoms with E-state index in [4.69, 9.17) is 9.84 Å². The fourth-order valence-corrected chi connectivity index (χ4v) is 2.16. The summed E-state index contributed by atoms with van der Waals surface area (Å²) in [4.78, 5) is 0. The Kier molecular flexibility index (Phi) is 4.30. The van der Waals surface area contributed by atoms with Gasteiger partial charge >= 0.3 is 0 Å². The van der Waals surface area contributed by atoms with Crippen molar-refractivity contribution < 1.29 is 25.2 Å². The predicted molar refractivity (Wildman–Crippen MR) is 50.3 cm³/mol. The van der Waals surface area contributed by atoms with Gasteiger partial charge in [0.25, 0.3) is 0 Å². The van der Waals surface area contributed by atoms with Crippen LogP contribution in [0.25, 0.3) is 0 Å². The van der Waals surface area contributed by atoms with Gasteiger partial charge in [0.1, 0.15) is 29.9 Å². The van der Waals surface area contributed by atoms with Crippen molar-refractivity contribution in [2.45, 2.75) is 29.9 Å². The van der Waals surface area contributed by atoms with Crippen molar-refractivity contribution in [3.05, 3.63) is 0 Å². The SMILES string of the molecule is OC[C@H]1O[C@@H](SS)[C@H](O)[C@@H](O)[C@H]1O. The van der Waals surface area contributed by atoms with Crippen LogP contribution in [0.3, 0.4) is 0 Å². The molecule has 0 aliphatic carbocycles. The van der Waals surface area contributed by atoms with Crippen LogP contribution in [0, 0.1) is 0 Å². The van der Waals surface area contributed by atoms with Crippen LogP contribution in [-0.4, -0.2) is 56.9 Å². The number of ether oxygens (including phenoxy) is 1. The second-order valence-electron chi connectivity index (χ2n) is 2.80. The van der Waals surface area contributed by atoms with Gasteiger partial charge in [0.15, 0.2) is 0 Å². The molecule has 1 aliphatic rings. The van der Waals surface area contributed by atoms with E-state index < -0.39 is 36.5 Å². The molecule has 5 atom stereocenters. The van der Waals surface area contributed by atoms with Crippen LogP contribution in [0.15, 0.2) is 0 Å². The van der Waals surface area contributed by atoms with E-state index in [9.17, 15) is 15.3 Å². The summed E-state index contributed by atoms with van der Waals surface area (Å²) in [6, 6.07) is 0. The van der Waals surface area contributed by atoms with Gasteiger partial charge < -0.3 is 25.2 Å². The third kappa shape index (κ3) is 2.30. The highest BCUT2D eigenvalue weighted by Gasteiger charge is 2.43. The van der Waals surface area contributed by atoms with Crippen LogP contribution in [0.1, 0.15) is 0 Å². The molecule has 0 unspecified atom stereocenters. The number of aliphatic hydroxyl groups excluding tert-OH is 4. The molecule has 0 radical (unpaired) electrons. The molecule has 0 amide bonds. The second kappa shape index (κ2) is 4.83. The van der Waals surface area contributed by atoms with Gasteiger partial charge in [-0.25, -0.2) is 0 Å². The lowest BCUT2D eigenvalue weighted by Crippen LogP contribution is -2.57. The molecule has 7 heteroatoms. The Bertz CT molecular complexity index is 149. The lowest BCUT2D eigenvalue weighted by atomic mass is 10.0. The molecule has 0 bridgehead atoms. The van der Waals surface area contributed by atoms with E-state index in [1.807, 2.05) is 0 Å².